The van der Waals surface area contributed by atoms with Gasteiger partial charge in [-0.15, -0.1) is 0 Å². The van der Waals surface area contributed by atoms with Crippen molar-refractivity contribution in [1.29, 1.82) is 0 Å². The molecule has 2 aromatic carbocycles. The topological polar surface area (TPSA) is 52.7 Å². The number of nitrogens with zero attached hydrogens (tertiary/aromatic N) is 2. The largest absolute Gasteiger partial charge is 0.355 e. The maximum atomic E-state index is 13.2. The molecule has 0 aromatic heterocycles. The Morgan fingerprint density at radius 2 is 1.78 bits per heavy atom. The van der Waals surface area contributed by atoms with Crippen LogP contribution in [-0.4, -0.2) is 61.9 Å². The zero-order valence-corrected chi connectivity index (χ0v) is 18.9. The van der Waals surface area contributed by atoms with E-state index in [0.717, 1.165) is 25.8 Å². The SMILES string of the molecule is CN(C)CCNC(=O)C[C@@H]1CC2(CCN(C(=O)c3ccc(F)cc3)CC2)c2ccccc21. The van der Waals surface area contributed by atoms with Gasteiger partial charge in [0.15, 0.2) is 0 Å². The molecule has 1 spiro atoms. The second kappa shape index (κ2) is 9.41. The first-order valence-corrected chi connectivity index (χ1v) is 11.4. The van der Waals surface area contributed by atoms with Gasteiger partial charge >= 0.3 is 0 Å². The molecule has 1 aliphatic heterocycles. The summed E-state index contributed by atoms with van der Waals surface area (Å²) in [4.78, 5) is 29.4. The van der Waals surface area contributed by atoms with Gasteiger partial charge in [-0.1, -0.05) is 24.3 Å². The van der Waals surface area contributed by atoms with Crippen molar-refractivity contribution in [3.63, 3.8) is 0 Å². The molecule has 1 atom stereocenters. The molecular weight excluding hydrogens is 405 g/mol. The molecule has 1 fully saturated rings. The van der Waals surface area contributed by atoms with Crippen molar-refractivity contribution < 1.29 is 14.0 Å². The molecule has 170 valence electrons. The van der Waals surface area contributed by atoms with E-state index in [4.69, 9.17) is 0 Å². The van der Waals surface area contributed by atoms with Gasteiger partial charge in [0, 0.05) is 38.2 Å². The maximum Gasteiger partial charge on any atom is 0.253 e. The third-order valence-electron chi connectivity index (χ3n) is 7.02. The standard InChI is InChI=1S/C26H32FN3O2/c1-29(2)16-13-28-24(31)17-20-18-26(23-6-4-3-5-22(20)23)11-14-30(15-12-26)25(32)19-7-9-21(27)10-8-19/h3-10,20H,11-18H2,1-2H3,(H,28,31)/t20-/m1/s1. The minimum atomic E-state index is -0.335. The van der Waals surface area contributed by atoms with Gasteiger partial charge in [0.1, 0.15) is 5.82 Å². The van der Waals surface area contributed by atoms with Crippen molar-refractivity contribution in [2.75, 3.05) is 40.3 Å². The van der Waals surface area contributed by atoms with E-state index in [9.17, 15) is 14.0 Å². The number of rotatable bonds is 6. The monoisotopic (exact) mass is 437 g/mol. The van der Waals surface area contributed by atoms with E-state index in [1.54, 1.807) is 12.1 Å². The minimum absolute atomic E-state index is 0.0186. The molecular formula is C26H32FN3O2. The fourth-order valence-corrected chi connectivity index (χ4v) is 5.31. The lowest BCUT2D eigenvalue weighted by Crippen LogP contribution is -2.44. The predicted molar refractivity (Wildman–Crippen MR) is 123 cm³/mol. The Hall–Kier alpha value is -2.73. The second-order valence-corrected chi connectivity index (χ2v) is 9.43. The van der Waals surface area contributed by atoms with Crippen molar-refractivity contribution in [1.82, 2.24) is 15.1 Å². The van der Waals surface area contributed by atoms with E-state index in [2.05, 4.69) is 34.5 Å². The van der Waals surface area contributed by atoms with Crippen LogP contribution in [0.2, 0.25) is 0 Å². The lowest BCUT2D eigenvalue weighted by Gasteiger charge is -2.40. The molecule has 32 heavy (non-hydrogen) atoms. The van der Waals surface area contributed by atoms with Crippen LogP contribution in [0.3, 0.4) is 0 Å². The van der Waals surface area contributed by atoms with Gasteiger partial charge in [0.2, 0.25) is 5.91 Å². The number of likely N-dealkylation sites (N-methyl/N-ethyl adjacent to an activating group) is 1. The molecule has 2 amide bonds. The van der Waals surface area contributed by atoms with Crippen molar-refractivity contribution in [2.24, 2.45) is 0 Å². The van der Waals surface area contributed by atoms with Gasteiger partial charge in [-0.25, -0.2) is 4.39 Å². The normalized spacial score (nSPS) is 19.2. The molecule has 1 N–H and O–H groups in total. The van der Waals surface area contributed by atoms with Gasteiger partial charge < -0.3 is 15.1 Å². The number of carbonyl (C=O) groups excluding carboxylic acids is 2. The lowest BCUT2D eigenvalue weighted by atomic mass is 9.73. The molecule has 1 aliphatic carbocycles. The number of halogens is 1. The summed E-state index contributed by atoms with van der Waals surface area (Å²) in [6.07, 6.45) is 3.22. The average molecular weight is 438 g/mol. The van der Waals surface area contributed by atoms with Crippen LogP contribution in [0.25, 0.3) is 0 Å². The summed E-state index contributed by atoms with van der Waals surface area (Å²) in [5.41, 5.74) is 3.18. The zero-order chi connectivity index (χ0) is 22.7. The van der Waals surface area contributed by atoms with E-state index in [0.29, 0.717) is 31.6 Å². The van der Waals surface area contributed by atoms with Gasteiger partial charge in [-0.05, 0) is 80.1 Å². The van der Waals surface area contributed by atoms with Crippen molar-refractivity contribution >= 4 is 11.8 Å². The Bertz CT molecular complexity index is 965. The molecule has 6 heteroatoms. The van der Waals surface area contributed by atoms with Crippen LogP contribution in [-0.2, 0) is 10.2 Å². The summed E-state index contributed by atoms with van der Waals surface area (Å²) in [7, 11) is 3.99. The van der Waals surface area contributed by atoms with Gasteiger partial charge in [-0.2, -0.15) is 0 Å². The summed E-state index contributed by atoms with van der Waals surface area (Å²) < 4.78 is 13.2. The quantitative estimate of drug-likeness (QED) is 0.752. The maximum absolute atomic E-state index is 13.2. The summed E-state index contributed by atoms with van der Waals surface area (Å²) in [6.45, 7) is 2.83. The highest BCUT2D eigenvalue weighted by molar-refractivity contribution is 5.94. The summed E-state index contributed by atoms with van der Waals surface area (Å²) in [5.74, 6) is -0.0565. The van der Waals surface area contributed by atoms with Crippen LogP contribution in [0.1, 0.15) is 53.1 Å². The summed E-state index contributed by atoms with van der Waals surface area (Å²) >= 11 is 0. The number of hydrogen-bond acceptors (Lipinski definition) is 3. The van der Waals surface area contributed by atoms with Gasteiger partial charge in [0.25, 0.3) is 5.91 Å². The molecule has 0 saturated carbocycles. The molecule has 1 saturated heterocycles. The smallest absolute Gasteiger partial charge is 0.253 e. The molecule has 4 rings (SSSR count). The Morgan fingerprint density at radius 3 is 2.47 bits per heavy atom. The summed E-state index contributed by atoms with van der Waals surface area (Å²) in [6, 6.07) is 14.3. The molecule has 2 aromatic rings. The first-order chi connectivity index (χ1) is 15.4. The summed E-state index contributed by atoms with van der Waals surface area (Å²) in [5, 5.41) is 3.05. The zero-order valence-electron chi connectivity index (χ0n) is 18.9. The van der Waals surface area contributed by atoms with Crippen LogP contribution in [0, 0.1) is 5.82 Å². The molecule has 0 unspecified atom stereocenters. The number of benzene rings is 2. The first-order valence-electron chi connectivity index (χ1n) is 11.4. The van der Waals surface area contributed by atoms with Crippen LogP contribution in [0.15, 0.2) is 48.5 Å². The highest BCUT2D eigenvalue weighted by Crippen LogP contribution is 2.52. The number of amides is 2. The number of hydrogen-bond donors (Lipinski definition) is 1. The van der Waals surface area contributed by atoms with E-state index >= 15 is 0 Å². The molecule has 1 heterocycles. The predicted octanol–water partition coefficient (Wildman–Crippen LogP) is 3.55. The van der Waals surface area contributed by atoms with Crippen molar-refractivity contribution in [2.45, 2.75) is 37.0 Å². The van der Waals surface area contributed by atoms with E-state index in [-0.39, 0.29) is 29.0 Å². The number of likely N-dealkylation sites (tertiary alicyclic amines) is 1. The Labute approximate surface area is 189 Å². The average Bonchev–Trinajstić information content (AvgIpc) is 3.07. The fraction of sp³-hybridized carbons (Fsp3) is 0.462. The number of piperidine rings is 1. The first kappa shape index (κ1) is 22.5. The van der Waals surface area contributed by atoms with Crippen molar-refractivity contribution in [3.05, 3.63) is 71.0 Å². The van der Waals surface area contributed by atoms with Crippen LogP contribution >= 0.6 is 0 Å². The molecule has 2 aliphatic rings. The second-order valence-electron chi connectivity index (χ2n) is 9.43. The Kier molecular flexibility index (Phi) is 6.60. The molecule has 0 radical (unpaired) electrons. The molecule has 5 nitrogen and oxygen atoms in total. The van der Waals surface area contributed by atoms with E-state index in [1.807, 2.05) is 19.0 Å². The van der Waals surface area contributed by atoms with E-state index in [1.165, 1.54) is 23.3 Å². The van der Waals surface area contributed by atoms with Gasteiger partial charge in [0.05, 0.1) is 0 Å². The van der Waals surface area contributed by atoms with Crippen LogP contribution in [0.5, 0.6) is 0 Å². The lowest BCUT2D eigenvalue weighted by molar-refractivity contribution is -0.121. The third-order valence-corrected chi connectivity index (χ3v) is 7.02. The number of fused-ring (bicyclic) bond motifs is 2. The Balaban J connectivity index is 1.42. The Morgan fingerprint density at radius 1 is 1.09 bits per heavy atom. The molecule has 0 bridgehead atoms. The van der Waals surface area contributed by atoms with Crippen molar-refractivity contribution in [3.8, 4) is 0 Å². The van der Waals surface area contributed by atoms with Crippen LogP contribution in [0.4, 0.5) is 4.39 Å². The van der Waals surface area contributed by atoms with E-state index < -0.39 is 0 Å². The highest BCUT2D eigenvalue weighted by atomic mass is 19.1. The number of nitrogens with one attached hydrogen (secondary N) is 1. The highest BCUT2D eigenvalue weighted by Gasteiger charge is 2.46. The van der Waals surface area contributed by atoms with Gasteiger partial charge in [-0.3, -0.25) is 9.59 Å². The third kappa shape index (κ3) is 4.70. The fourth-order valence-electron chi connectivity index (χ4n) is 5.31. The minimum Gasteiger partial charge on any atom is -0.355 e. The number of carbonyl (C=O) groups is 2. The van der Waals surface area contributed by atoms with Crippen LogP contribution < -0.4 is 5.32 Å².